The molecule has 9 nitrogen and oxygen atoms in total. The highest BCUT2D eigenvalue weighted by molar-refractivity contribution is 5.76. The zero-order valence-corrected chi connectivity index (χ0v) is 20.5. The van der Waals surface area contributed by atoms with E-state index in [2.05, 4.69) is 20.1 Å². The molecule has 1 saturated heterocycles. The molecule has 0 radical (unpaired) electrons. The number of rotatable bonds is 9. The van der Waals surface area contributed by atoms with Crippen molar-refractivity contribution in [2.24, 2.45) is 0 Å². The van der Waals surface area contributed by atoms with Crippen molar-refractivity contribution in [1.29, 1.82) is 0 Å². The molecule has 4 rings (SSSR count). The Morgan fingerprint density at radius 1 is 1.06 bits per heavy atom. The average Bonchev–Trinajstić information content (AvgIpc) is 2.91. The molecule has 36 heavy (non-hydrogen) atoms. The van der Waals surface area contributed by atoms with E-state index >= 15 is 0 Å². The molecular formula is C26H30FN5O4. The number of methoxy groups -OCH3 is 1. The highest BCUT2D eigenvalue weighted by Gasteiger charge is 2.22. The lowest BCUT2D eigenvalue weighted by Gasteiger charge is -2.36. The second-order valence-electron chi connectivity index (χ2n) is 8.51. The molecule has 1 aliphatic heterocycles. The SMILES string of the molecule is CCCOc1ccc(-c2nnc(CCC(=O)N3CCN(c4ccc(F)cc4)CC3)c(=O)[nH]2)cc1OC. The fourth-order valence-electron chi connectivity index (χ4n) is 4.05. The number of aromatic nitrogens is 3. The molecule has 190 valence electrons. The molecule has 1 amide bonds. The van der Waals surface area contributed by atoms with Crippen LogP contribution in [0.1, 0.15) is 25.5 Å². The number of anilines is 1. The van der Waals surface area contributed by atoms with Crippen LogP contribution in [0.3, 0.4) is 0 Å². The lowest BCUT2D eigenvalue weighted by Crippen LogP contribution is -2.48. The van der Waals surface area contributed by atoms with Gasteiger partial charge in [-0.1, -0.05) is 6.92 Å². The minimum absolute atomic E-state index is 0.0357. The quantitative estimate of drug-likeness (QED) is 0.487. The van der Waals surface area contributed by atoms with Gasteiger partial charge in [0, 0.05) is 50.3 Å². The molecule has 3 aromatic rings. The molecule has 0 unspecified atom stereocenters. The van der Waals surface area contributed by atoms with E-state index in [0.29, 0.717) is 55.7 Å². The maximum Gasteiger partial charge on any atom is 0.273 e. The van der Waals surface area contributed by atoms with Gasteiger partial charge in [0.05, 0.1) is 13.7 Å². The van der Waals surface area contributed by atoms with Crippen LogP contribution < -0.4 is 19.9 Å². The van der Waals surface area contributed by atoms with Gasteiger partial charge in [-0.15, -0.1) is 10.2 Å². The lowest BCUT2D eigenvalue weighted by atomic mass is 10.1. The van der Waals surface area contributed by atoms with Crippen LogP contribution in [-0.4, -0.2) is 65.9 Å². The van der Waals surface area contributed by atoms with Crippen molar-refractivity contribution in [2.75, 3.05) is 44.8 Å². The van der Waals surface area contributed by atoms with Gasteiger partial charge in [-0.05, 0) is 48.9 Å². The molecule has 0 saturated carbocycles. The van der Waals surface area contributed by atoms with Gasteiger partial charge in [-0.3, -0.25) is 9.59 Å². The number of aromatic amines is 1. The van der Waals surface area contributed by atoms with Crippen LogP contribution in [0.2, 0.25) is 0 Å². The van der Waals surface area contributed by atoms with E-state index in [1.54, 1.807) is 42.3 Å². The van der Waals surface area contributed by atoms with Crippen LogP contribution in [0.15, 0.2) is 47.3 Å². The fraction of sp³-hybridized carbons (Fsp3) is 0.385. The van der Waals surface area contributed by atoms with E-state index in [0.717, 1.165) is 12.1 Å². The number of benzene rings is 2. The normalized spacial score (nSPS) is 13.5. The van der Waals surface area contributed by atoms with Gasteiger partial charge in [-0.2, -0.15) is 0 Å². The van der Waals surface area contributed by atoms with Crippen molar-refractivity contribution in [3.05, 3.63) is 64.3 Å². The molecule has 0 spiro atoms. The number of piperazine rings is 1. The van der Waals surface area contributed by atoms with Crippen LogP contribution >= 0.6 is 0 Å². The number of nitrogens with one attached hydrogen (secondary N) is 1. The molecule has 1 fully saturated rings. The number of halogens is 1. The number of nitrogens with zero attached hydrogens (tertiary/aromatic N) is 4. The summed E-state index contributed by atoms with van der Waals surface area (Å²) < 4.78 is 24.2. The van der Waals surface area contributed by atoms with Gasteiger partial charge in [0.25, 0.3) is 5.56 Å². The first-order valence-electron chi connectivity index (χ1n) is 12.0. The average molecular weight is 496 g/mol. The summed E-state index contributed by atoms with van der Waals surface area (Å²) in [7, 11) is 1.55. The third kappa shape index (κ3) is 5.99. The summed E-state index contributed by atoms with van der Waals surface area (Å²) in [5, 5.41) is 8.24. The van der Waals surface area contributed by atoms with Gasteiger partial charge in [0.2, 0.25) is 5.91 Å². The Morgan fingerprint density at radius 3 is 2.47 bits per heavy atom. The number of carbonyl (C=O) groups is 1. The summed E-state index contributed by atoms with van der Waals surface area (Å²) in [6.07, 6.45) is 1.25. The van der Waals surface area contributed by atoms with E-state index in [1.807, 2.05) is 6.92 Å². The van der Waals surface area contributed by atoms with Crippen LogP contribution in [0, 0.1) is 5.82 Å². The molecule has 2 heterocycles. The Labute approximate surface area is 208 Å². The predicted molar refractivity (Wildman–Crippen MR) is 134 cm³/mol. The zero-order valence-electron chi connectivity index (χ0n) is 20.5. The highest BCUT2D eigenvalue weighted by atomic mass is 19.1. The Morgan fingerprint density at radius 2 is 1.81 bits per heavy atom. The Bertz CT molecular complexity index is 1240. The smallest absolute Gasteiger partial charge is 0.273 e. The zero-order chi connectivity index (χ0) is 25.5. The first-order chi connectivity index (χ1) is 17.5. The number of ether oxygens (including phenoxy) is 2. The van der Waals surface area contributed by atoms with Crippen LogP contribution in [0.4, 0.5) is 10.1 Å². The molecular weight excluding hydrogens is 465 g/mol. The van der Waals surface area contributed by atoms with Gasteiger partial charge < -0.3 is 24.3 Å². The number of H-pyrrole nitrogens is 1. The van der Waals surface area contributed by atoms with Crippen molar-refractivity contribution in [1.82, 2.24) is 20.1 Å². The summed E-state index contributed by atoms with van der Waals surface area (Å²) >= 11 is 0. The van der Waals surface area contributed by atoms with Crippen LogP contribution in [-0.2, 0) is 11.2 Å². The Balaban J connectivity index is 1.33. The Hall–Kier alpha value is -3.95. The third-order valence-electron chi connectivity index (χ3n) is 6.06. The van der Waals surface area contributed by atoms with Crippen molar-refractivity contribution in [3.8, 4) is 22.9 Å². The van der Waals surface area contributed by atoms with E-state index < -0.39 is 0 Å². The Kier molecular flexibility index (Phi) is 8.14. The maximum atomic E-state index is 13.2. The number of aryl methyl sites for hydroxylation is 1. The fourth-order valence-corrected chi connectivity index (χ4v) is 4.05. The molecule has 1 aromatic heterocycles. The van der Waals surface area contributed by atoms with Gasteiger partial charge >= 0.3 is 0 Å². The van der Waals surface area contributed by atoms with Gasteiger partial charge in [0.1, 0.15) is 11.5 Å². The van der Waals surface area contributed by atoms with Crippen molar-refractivity contribution >= 4 is 11.6 Å². The van der Waals surface area contributed by atoms with Gasteiger partial charge in [0.15, 0.2) is 17.3 Å². The number of hydrogen-bond donors (Lipinski definition) is 1. The predicted octanol–water partition coefficient (Wildman–Crippen LogP) is 3.05. The molecule has 0 atom stereocenters. The first-order valence-corrected chi connectivity index (χ1v) is 12.0. The van der Waals surface area contributed by atoms with Crippen molar-refractivity contribution in [2.45, 2.75) is 26.2 Å². The molecule has 1 N–H and O–H groups in total. The van der Waals surface area contributed by atoms with Crippen molar-refractivity contribution in [3.63, 3.8) is 0 Å². The summed E-state index contributed by atoms with van der Waals surface area (Å²) in [6, 6.07) is 11.6. The summed E-state index contributed by atoms with van der Waals surface area (Å²) in [5.41, 5.74) is 1.42. The highest BCUT2D eigenvalue weighted by Crippen LogP contribution is 2.31. The van der Waals surface area contributed by atoms with Crippen molar-refractivity contribution < 1.29 is 18.7 Å². The largest absolute Gasteiger partial charge is 0.493 e. The maximum absolute atomic E-state index is 13.2. The molecule has 0 aliphatic carbocycles. The van der Waals surface area contributed by atoms with Crippen LogP contribution in [0.25, 0.3) is 11.4 Å². The first kappa shape index (κ1) is 25.2. The number of carbonyl (C=O) groups excluding carboxylic acids is 1. The molecule has 10 heteroatoms. The standard InChI is InChI=1S/C26H30FN5O4/c1-3-16-36-22-10-4-18(17-23(22)35-2)25-28-26(34)21(29-30-25)9-11-24(33)32-14-12-31(13-15-32)20-7-5-19(27)6-8-20/h4-8,10,17H,3,9,11-16H2,1-2H3,(H,28,30,34). The molecule has 0 bridgehead atoms. The van der Waals surface area contributed by atoms with E-state index in [1.165, 1.54) is 12.1 Å². The molecule has 2 aromatic carbocycles. The number of hydrogen-bond acceptors (Lipinski definition) is 7. The lowest BCUT2D eigenvalue weighted by molar-refractivity contribution is -0.131. The van der Waals surface area contributed by atoms with E-state index in [4.69, 9.17) is 9.47 Å². The van der Waals surface area contributed by atoms with E-state index in [9.17, 15) is 14.0 Å². The van der Waals surface area contributed by atoms with Crippen LogP contribution in [0.5, 0.6) is 11.5 Å². The second-order valence-corrected chi connectivity index (χ2v) is 8.51. The van der Waals surface area contributed by atoms with E-state index in [-0.39, 0.29) is 35.8 Å². The summed E-state index contributed by atoms with van der Waals surface area (Å²) in [4.78, 5) is 32.0. The van der Waals surface area contributed by atoms with Gasteiger partial charge in [-0.25, -0.2) is 4.39 Å². The summed E-state index contributed by atoms with van der Waals surface area (Å²) in [5.74, 6) is 1.16. The minimum Gasteiger partial charge on any atom is -0.493 e. The minimum atomic E-state index is -0.376. The third-order valence-corrected chi connectivity index (χ3v) is 6.06. The second kappa shape index (κ2) is 11.7. The topological polar surface area (TPSA) is 101 Å². The number of amides is 1. The summed E-state index contributed by atoms with van der Waals surface area (Å²) in [6.45, 7) is 5.06. The molecule has 1 aliphatic rings. The monoisotopic (exact) mass is 495 g/mol.